The van der Waals surface area contributed by atoms with Crippen LogP contribution in [0.2, 0.25) is 0 Å². The van der Waals surface area contributed by atoms with Crippen LogP contribution >= 0.6 is 67.8 Å². The zero-order chi connectivity index (χ0) is 21.1. The summed E-state index contributed by atoms with van der Waals surface area (Å²) in [6, 6.07) is 11.0. The van der Waals surface area contributed by atoms with Gasteiger partial charge >= 0.3 is 12.0 Å². The van der Waals surface area contributed by atoms with E-state index in [0.29, 0.717) is 17.1 Å². The predicted octanol–water partition coefficient (Wildman–Crippen LogP) is 4.06. The number of urea groups is 1. The molecule has 150 valence electrons. The summed E-state index contributed by atoms with van der Waals surface area (Å²) in [7, 11) is 0. The van der Waals surface area contributed by atoms with Crippen molar-refractivity contribution in [1.29, 1.82) is 0 Å². The molecule has 1 aliphatic rings. The third kappa shape index (κ3) is 5.59. The number of aliphatic carboxylic acids is 1. The van der Waals surface area contributed by atoms with Crippen LogP contribution in [0.4, 0.5) is 4.79 Å². The average Bonchev–Trinajstić information content (AvgIpc) is 2.89. The summed E-state index contributed by atoms with van der Waals surface area (Å²) >= 11 is 6.56. The molecule has 3 rings (SSSR count). The zero-order valence-electron chi connectivity index (χ0n) is 14.6. The van der Waals surface area contributed by atoms with Gasteiger partial charge in [0.25, 0.3) is 5.91 Å². The van der Waals surface area contributed by atoms with E-state index in [0.717, 1.165) is 22.0 Å². The minimum absolute atomic E-state index is 0.0374. The summed E-state index contributed by atoms with van der Waals surface area (Å²) in [5.41, 5.74) is 1.79. The van der Waals surface area contributed by atoms with Gasteiger partial charge in [-0.05, 0) is 109 Å². The second kappa shape index (κ2) is 9.59. The molecule has 2 aromatic rings. The molecule has 0 spiro atoms. The van der Waals surface area contributed by atoms with Crippen molar-refractivity contribution in [1.82, 2.24) is 10.2 Å². The van der Waals surface area contributed by atoms with Gasteiger partial charge in [-0.1, -0.05) is 12.1 Å². The third-order valence-corrected chi connectivity index (χ3v) is 6.21. The summed E-state index contributed by atoms with van der Waals surface area (Å²) in [5, 5.41) is 11.2. The van der Waals surface area contributed by atoms with Crippen LogP contribution in [0.25, 0.3) is 6.08 Å². The van der Waals surface area contributed by atoms with Crippen LogP contribution in [0.15, 0.2) is 42.1 Å². The highest BCUT2D eigenvalue weighted by atomic mass is 127. The SMILES string of the molecule is O=C(O)CN1C(=O)N/C(=C/c2cc(I)c(OCc3ccc(I)cc3)c(I)c2)C1=O. The van der Waals surface area contributed by atoms with E-state index in [1.165, 1.54) is 6.08 Å². The Balaban J connectivity index is 1.77. The smallest absolute Gasteiger partial charge is 0.329 e. The average molecular weight is 730 g/mol. The minimum Gasteiger partial charge on any atom is -0.487 e. The first-order valence-electron chi connectivity index (χ1n) is 8.17. The van der Waals surface area contributed by atoms with Crippen LogP contribution in [0.5, 0.6) is 5.75 Å². The molecule has 1 saturated heterocycles. The summed E-state index contributed by atoms with van der Waals surface area (Å²) in [6.07, 6.45) is 1.52. The van der Waals surface area contributed by atoms with Gasteiger partial charge in [-0.15, -0.1) is 0 Å². The van der Waals surface area contributed by atoms with Crippen LogP contribution < -0.4 is 10.1 Å². The van der Waals surface area contributed by atoms with Crippen molar-refractivity contribution in [2.45, 2.75) is 6.61 Å². The summed E-state index contributed by atoms with van der Waals surface area (Å²) in [6.45, 7) is -0.246. The highest BCUT2D eigenvalue weighted by Crippen LogP contribution is 2.31. The van der Waals surface area contributed by atoms with Crippen molar-refractivity contribution < 1.29 is 24.2 Å². The molecular formula is C19H13I3N2O5. The van der Waals surface area contributed by atoms with E-state index in [2.05, 4.69) is 73.1 Å². The van der Waals surface area contributed by atoms with Gasteiger partial charge in [0, 0.05) is 3.57 Å². The lowest BCUT2D eigenvalue weighted by atomic mass is 10.2. The molecule has 0 radical (unpaired) electrons. The molecular weight excluding hydrogens is 717 g/mol. The Morgan fingerprint density at radius 2 is 1.72 bits per heavy atom. The molecule has 3 amide bonds. The van der Waals surface area contributed by atoms with Gasteiger partial charge in [0.15, 0.2) is 0 Å². The van der Waals surface area contributed by atoms with Crippen LogP contribution in [0.3, 0.4) is 0 Å². The number of nitrogens with zero attached hydrogens (tertiary/aromatic N) is 1. The summed E-state index contributed by atoms with van der Waals surface area (Å²) < 4.78 is 8.83. The Bertz CT molecular complexity index is 998. The Morgan fingerprint density at radius 1 is 1.10 bits per heavy atom. The van der Waals surface area contributed by atoms with Crippen LogP contribution in [-0.4, -0.2) is 34.5 Å². The molecule has 0 aromatic heterocycles. The van der Waals surface area contributed by atoms with Crippen LogP contribution in [0, 0.1) is 10.7 Å². The number of carboxylic acid groups (broad SMARTS) is 1. The topological polar surface area (TPSA) is 95.9 Å². The number of hydrogen-bond donors (Lipinski definition) is 2. The van der Waals surface area contributed by atoms with Gasteiger partial charge in [-0.25, -0.2) is 9.69 Å². The van der Waals surface area contributed by atoms with Crippen molar-refractivity contribution in [3.8, 4) is 5.75 Å². The predicted molar refractivity (Wildman–Crippen MR) is 131 cm³/mol. The van der Waals surface area contributed by atoms with Gasteiger partial charge < -0.3 is 15.2 Å². The Morgan fingerprint density at radius 3 is 2.31 bits per heavy atom. The quantitative estimate of drug-likeness (QED) is 0.266. The number of amides is 3. The lowest BCUT2D eigenvalue weighted by Crippen LogP contribution is -2.35. The fraction of sp³-hybridized carbons (Fsp3) is 0.105. The first kappa shape index (κ1) is 22.3. The van der Waals surface area contributed by atoms with Gasteiger partial charge in [0.2, 0.25) is 0 Å². The molecule has 2 aromatic carbocycles. The van der Waals surface area contributed by atoms with E-state index in [1.54, 1.807) is 0 Å². The maximum absolute atomic E-state index is 12.3. The zero-order valence-corrected chi connectivity index (χ0v) is 21.1. The molecule has 1 aliphatic heterocycles. The number of imide groups is 1. The largest absolute Gasteiger partial charge is 0.487 e. The number of carbonyl (C=O) groups excluding carboxylic acids is 2. The number of rotatable bonds is 6. The first-order chi connectivity index (χ1) is 13.7. The highest BCUT2D eigenvalue weighted by Gasteiger charge is 2.34. The minimum atomic E-state index is -1.26. The molecule has 7 nitrogen and oxygen atoms in total. The normalized spacial score (nSPS) is 15.0. The number of carbonyl (C=O) groups is 3. The Hall–Kier alpha value is -1.42. The Kier molecular flexibility index (Phi) is 7.37. The van der Waals surface area contributed by atoms with Crippen LogP contribution in [-0.2, 0) is 16.2 Å². The highest BCUT2D eigenvalue weighted by molar-refractivity contribution is 14.1. The molecule has 0 atom stereocenters. The van der Waals surface area contributed by atoms with Crippen LogP contribution in [0.1, 0.15) is 11.1 Å². The number of hydrogen-bond acceptors (Lipinski definition) is 4. The van der Waals surface area contributed by atoms with E-state index in [4.69, 9.17) is 9.84 Å². The number of benzene rings is 2. The molecule has 1 heterocycles. The molecule has 1 fully saturated rings. The van der Waals surface area contributed by atoms with E-state index < -0.39 is 24.5 Å². The Labute approximate surface area is 207 Å². The van der Waals surface area contributed by atoms with Gasteiger partial charge in [0.1, 0.15) is 24.6 Å². The second-order valence-corrected chi connectivity index (χ2v) is 9.57. The van der Waals surface area contributed by atoms with E-state index in [9.17, 15) is 14.4 Å². The molecule has 2 N–H and O–H groups in total. The molecule has 10 heteroatoms. The van der Waals surface area contributed by atoms with Crippen molar-refractivity contribution >= 4 is 91.8 Å². The first-order valence-corrected chi connectivity index (χ1v) is 11.4. The number of carboxylic acids is 1. The van der Waals surface area contributed by atoms with E-state index in [-0.39, 0.29) is 5.70 Å². The monoisotopic (exact) mass is 730 g/mol. The lowest BCUT2D eigenvalue weighted by molar-refractivity contribution is -0.140. The van der Waals surface area contributed by atoms with Gasteiger partial charge in [-0.2, -0.15) is 0 Å². The maximum Gasteiger partial charge on any atom is 0.329 e. The van der Waals surface area contributed by atoms with Crippen molar-refractivity contribution in [3.63, 3.8) is 0 Å². The van der Waals surface area contributed by atoms with Crippen molar-refractivity contribution in [2.24, 2.45) is 0 Å². The van der Waals surface area contributed by atoms with Crippen molar-refractivity contribution in [2.75, 3.05) is 6.54 Å². The summed E-state index contributed by atoms with van der Waals surface area (Å²) in [5.74, 6) is -1.18. The van der Waals surface area contributed by atoms with Gasteiger partial charge in [-0.3, -0.25) is 9.59 Å². The van der Waals surface area contributed by atoms with E-state index in [1.807, 2.05) is 36.4 Å². The number of halogens is 3. The number of ether oxygens (including phenoxy) is 1. The van der Waals surface area contributed by atoms with Crippen molar-refractivity contribution in [3.05, 3.63) is 63.9 Å². The maximum atomic E-state index is 12.3. The van der Waals surface area contributed by atoms with E-state index >= 15 is 0 Å². The third-order valence-electron chi connectivity index (χ3n) is 3.88. The second-order valence-electron chi connectivity index (χ2n) is 6.00. The molecule has 29 heavy (non-hydrogen) atoms. The standard InChI is InChI=1S/C19H13I3N2O5/c20-12-3-1-10(2-4-12)9-29-17-13(21)5-11(6-14(17)22)7-15-18(27)24(8-16(25)26)19(28)23-15/h1-7H,8-9H2,(H,23,28)(H,25,26)/b15-7+. The van der Waals surface area contributed by atoms with Gasteiger partial charge in [0.05, 0.1) is 7.14 Å². The number of nitrogens with one attached hydrogen (secondary N) is 1. The molecule has 0 bridgehead atoms. The lowest BCUT2D eigenvalue weighted by Gasteiger charge is -2.12. The fourth-order valence-electron chi connectivity index (χ4n) is 2.55. The molecule has 0 saturated carbocycles. The molecule has 0 aliphatic carbocycles. The summed E-state index contributed by atoms with van der Waals surface area (Å²) in [4.78, 5) is 35.5. The fourth-order valence-corrected chi connectivity index (χ4v) is 5.04. The molecule has 0 unspecified atom stereocenters.